The molecule has 0 unspecified atom stereocenters. The van der Waals surface area contributed by atoms with E-state index in [1.54, 1.807) is 18.2 Å². The average Bonchev–Trinajstić information content (AvgIpc) is 3.36. The van der Waals surface area contributed by atoms with Gasteiger partial charge in [0.2, 0.25) is 0 Å². The number of aryl methyl sites for hydroxylation is 1. The largest absolute Gasteiger partial charge is 0.478 e. The van der Waals surface area contributed by atoms with Gasteiger partial charge in [-0.25, -0.2) is 19.7 Å². The van der Waals surface area contributed by atoms with E-state index in [2.05, 4.69) is 52.9 Å². The lowest BCUT2D eigenvalue weighted by Crippen LogP contribution is -2.32. The first kappa shape index (κ1) is 28.7. The Bertz CT molecular complexity index is 1450. The monoisotopic (exact) mass is 535 g/mol. The summed E-state index contributed by atoms with van der Waals surface area (Å²) < 4.78 is 15.4. The van der Waals surface area contributed by atoms with Crippen molar-refractivity contribution in [2.75, 3.05) is 13.2 Å². The summed E-state index contributed by atoms with van der Waals surface area (Å²) in [5, 5.41) is 9.14. The highest BCUT2D eigenvalue weighted by Gasteiger charge is 2.24. The molecule has 2 saturated heterocycles. The first-order chi connectivity index (χ1) is 18.2. The Labute approximate surface area is 230 Å². The number of carboxylic acid groups (broad SMARTS) is 1. The lowest BCUT2D eigenvalue weighted by atomic mass is 10.1. The molecule has 1 aromatic carbocycles. The second-order valence-electron chi connectivity index (χ2n) is 10.8. The van der Waals surface area contributed by atoms with E-state index in [0.29, 0.717) is 17.6 Å². The van der Waals surface area contributed by atoms with Gasteiger partial charge in [-0.05, 0) is 50.1 Å². The van der Waals surface area contributed by atoms with Gasteiger partial charge in [0.1, 0.15) is 17.2 Å². The lowest BCUT2D eigenvalue weighted by Gasteiger charge is -2.28. The van der Waals surface area contributed by atoms with Gasteiger partial charge in [-0.3, -0.25) is 0 Å². The van der Waals surface area contributed by atoms with Crippen LogP contribution < -0.4 is 0 Å². The number of imidazole rings is 2. The number of hydrogen-bond donors (Lipinski definition) is 1. The Kier molecular flexibility index (Phi) is 8.71. The molecule has 0 aliphatic carbocycles. The fourth-order valence-corrected chi connectivity index (χ4v) is 4.91. The molecule has 9 heteroatoms. The quantitative estimate of drug-likeness (QED) is 0.312. The van der Waals surface area contributed by atoms with Crippen LogP contribution in [0.15, 0.2) is 30.3 Å². The molecule has 0 radical (unpaired) electrons. The summed E-state index contributed by atoms with van der Waals surface area (Å²) in [7, 11) is 0. The van der Waals surface area contributed by atoms with Crippen molar-refractivity contribution in [1.29, 1.82) is 0 Å². The first-order valence-corrected chi connectivity index (χ1v) is 13.5. The van der Waals surface area contributed by atoms with Gasteiger partial charge >= 0.3 is 5.97 Å². The summed E-state index contributed by atoms with van der Waals surface area (Å²) >= 11 is 0. The number of aromatic nitrogens is 5. The van der Waals surface area contributed by atoms with Crippen molar-refractivity contribution >= 4 is 28.2 Å². The minimum atomic E-state index is -0.911. The Balaban J connectivity index is 0.000000177. The molecule has 3 aromatic heterocycles. The molecule has 4 aromatic rings. The highest BCUT2D eigenvalue weighted by molar-refractivity contribution is 5.92. The van der Waals surface area contributed by atoms with Crippen molar-refractivity contribution in [2.24, 2.45) is 0 Å². The van der Waals surface area contributed by atoms with Gasteiger partial charge in [0.25, 0.3) is 0 Å². The predicted molar refractivity (Wildman–Crippen MR) is 153 cm³/mol. The van der Waals surface area contributed by atoms with Crippen LogP contribution in [0, 0.1) is 6.92 Å². The fraction of sp³-hybridized carbons (Fsp3) is 0.533. The predicted octanol–water partition coefficient (Wildman–Crippen LogP) is 5.93. The molecule has 0 saturated carbocycles. The van der Waals surface area contributed by atoms with E-state index in [1.807, 2.05) is 13.0 Å². The van der Waals surface area contributed by atoms with Crippen LogP contribution >= 0.6 is 0 Å². The number of carboxylic acids is 1. The van der Waals surface area contributed by atoms with E-state index < -0.39 is 5.97 Å². The highest BCUT2D eigenvalue weighted by Crippen LogP contribution is 2.26. The molecular weight excluding hydrogens is 494 g/mol. The van der Waals surface area contributed by atoms with Gasteiger partial charge in [-0.2, -0.15) is 0 Å². The topological polar surface area (TPSA) is 104 Å². The van der Waals surface area contributed by atoms with Crippen LogP contribution in [0.3, 0.4) is 0 Å². The SMILES string of the molecule is C.CC(C)c1nc2ccc(C(=O)O)cc2n1C[C@@H]1CCO1.Cc1ccc2nc(C(C)C)n(C[C@@H]3CCO3)c2n1. The zero-order valence-corrected chi connectivity index (χ0v) is 22.8. The molecule has 0 spiro atoms. The van der Waals surface area contributed by atoms with Crippen LogP contribution in [-0.4, -0.2) is 60.6 Å². The third kappa shape index (κ3) is 5.99. The van der Waals surface area contributed by atoms with Crippen LogP contribution in [0.4, 0.5) is 0 Å². The summed E-state index contributed by atoms with van der Waals surface area (Å²) in [6.07, 6.45) is 2.75. The van der Waals surface area contributed by atoms with Crippen molar-refractivity contribution in [3.8, 4) is 0 Å². The number of benzene rings is 1. The molecule has 5 heterocycles. The smallest absolute Gasteiger partial charge is 0.335 e. The molecule has 0 amide bonds. The van der Waals surface area contributed by atoms with Crippen LogP contribution in [0.2, 0.25) is 0 Å². The molecule has 0 bridgehead atoms. The molecule has 2 atom stereocenters. The van der Waals surface area contributed by atoms with Crippen molar-refractivity contribution in [3.05, 3.63) is 53.2 Å². The first-order valence-electron chi connectivity index (χ1n) is 13.5. The van der Waals surface area contributed by atoms with Crippen molar-refractivity contribution in [1.82, 2.24) is 24.1 Å². The van der Waals surface area contributed by atoms with E-state index in [4.69, 9.17) is 19.6 Å². The number of hydrogen-bond acceptors (Lipinski definition) is 6. The Morgan fingerprint density at radius 3 is 1.97 bits per heavy atom. The zero-order valence-electron chi connectivity index (χ0n) is 22.8. The minimum Gasteiger partial charge on any atom is -0.478 e. The third-order valence-corrected chi connectivity index (χ3v) is 7.18. The van der Waals surface area contributed by atoms with Gasteiger partial charge < -0.3 is 23.7 Å². The van der Waals surface area contributed by atoms with Gasteiger partial charge in [0, 0.05) is 30.7 Å². The van der Waals surface area contributed by atoms with E-state index in [-0.39, 0.29) is 19.4 Å². The molecule has 9 nitrogen and oxygen atoms in total. The van der Waals surface area contributed by atoms with Crippen LogP contribution in [0.25, 0.3) is 22.2 Å². The number of nitrogens with zero attached hydrogens (tertiary/aromatic N) is 5. The zero-order chi connectivity index (χ0) is 27.0. The number of fused-ring (bicyclic) bond motifs is 2. The molecule has 210 valence electrons. The second-order valence-corrected chi connectivity index (χ2v) is 10.8. The van der Waals surface area contributed by atoms with Crippen LogP contribution in [0.5, 0.6) is 0 Å². The van der Waals surface area contributed by atoms with Crippen LogP contribution in [0.1, 0.15) is 87.5 Å². The Morgan fingerprint density at radius 1 is 0.897 bits per heavy atom. The van der Waals surface area contributed by atoms with E-state index >= 15 is 0 Å². The molecule has 2 aliphatic heterocycles. The van der Waals surface area contributed by atoms with E-state index in [0.717, 1.165) is 78.7 Å². The van der Waals surface area contributed by atoms with E-state index in [9.17, 15) is 4.79 Å². The molecule has 2 fully saturated rings. The number of ether oxygens (including phenoxy) is 2. The standard InChI is InChI=1S/C15H18N2O3.C14H19N3O.CH4/c1-9(2)14-16-12-4-3-10(15(18)19)7-13(12)17(14)8-11-5-6-20-11;1-9(2)13-16-12-5-4-10(3)15-14(12)17(13)8-11-6-7-18-11;/h3-4,7,9,11H,5-6,8H2,1-2H3,(H,18,19);4-5,9,11H,6-8H2,1-3H3;1H4/t2*11-;/m00./s1. The summed E-state index contributed by atoms with van der Waals surface area (Å²) in [6.45, 7) is 13.9. The van der Waals surface area contributed by atoms with Crippen LogP contribution in [-0.2, 0) is 22.6 Å². The normalized spacial score (nSPS) is 18.4. The molecule has 1 N–H and O–H groups in total. The molecule has 6 rings (SSSR count). The van der Waals surface area contributed by atoms with Gasteiger partial charge in [0.15, 0.2) is 5.65 Å². The minimum absolute atomic E-state index is 0. The summed E-state index contributed by atoms with van der Waals surface area (Å²) in [5.74, 6) is 1.87. The highest BCUT2D eigenvalue weighted by atomic mass is 16.5. The second kappa shape index (κ2) is 11.8. The number of rotatable bonds is 7. The maximum Gasteiger partial charge on any atom is 0.335 e. The third-order valence-electron chi connectivity index (χ3n) is 7.18. The average molecular weight is 536 g/mol. The van der Waals surface area contributed by atoms with Crippen molar-refractivity contribution in [3.63, 3.8) is 0 Å². The van der Waals surface area contributed by atoms with E-state index in [1.165, 1.54) is 0 Å². The number of aromatic carboxylic acids is 1. The van der Waals surface area contributed by atoms with Gasteiger partial charge in [-0.1, -0.05) is 35.1 Å². The lowest BCUT2D eigenvalue weighted by molar-refractivity contribution is -0.0592. The maximum absolute atomic E-state index is 11.1. The fourth-order valence-electron chi connectivity index (χ4n) is 4.91. The maximum atomic E-state index is 11.1. The Hall–Kier alpha value is -3.30. The molecular formula is C30H41N5O4. The Morgan fingerprint density at radius 2 is 1.44 bits per heavy atom. The number of pyridine rings is 1. The summed E-state index contributed by atoms with van der Waals surface area (Å²) in [6, 6.07) is 9.16. The number of carbonyl (C=O) groups is 1. The van der Waals surface area contributed by atoms with Gasteiger partial charge in [0.05, 0.1) is 41.9 Å². The van der Waals surface area contributed by atoms with Gasteiger partial charge in [-0.15, -0.1) is 0 Å². The van der Waals surface area contributed by atoms with Crippen molar-refractivity contribution in [2.45, 2.75) is 92.0 Å². The molecule has 39 heavy (non-hydrogen) atoms. The summed E-state index contributed by atoms with van der Waals surface area (Å²) in [4.78, 5) is 25.1. The summed E-state index contributed by atoms with van der Waals surface area (Å²) in [5.41, 5.74) is 5.04. The molecule has 2 aliphatic rings. The van der Waals surface area contributed by atoms with Crippen molar-refractivity contribution < 1.29 is 19.4 Å².